The van der Waals surface area contributed by atoms with Crippen LogP contribution in [0.5, 0.6) is 0 Å². The van der Waals surface area contributed by atoms with Gasteiger partial charge in [0.15, 0.2) is 5.96 Å². The second kappa shape index (κ2) is 7.20. The van der Waals surface area contributed by atoms with Crippen molar-refractivity contribution in [2.24, 2.45) is 46.4 Å². The lowest BCUT2D eigenvalue weighted by Crippen LogP contribution is -2.44. The number of allylic oxidation sites excluding steroid dienone is 2. The summed E-state index contributed by atoms with van der Waals surface area (Å²) in [5.74, 6) is 4.04. The molecule has 0 radical (unpaired) electrons. The maximum atomic E-state index is 12.7. The molecule has 5 rings (SSSR count). The second-order valence-electron chi connectivity index (χ2n) is 9.48. The van der Waals surface area contributed by atoms with Crippen molar-refractivity contribution in [1.29, 1.82) is 0 Å². The zero-order valence-corrected chi connectivity index (χ0v) is 16.8. The molecule has 1 aliphatic heterocycles. The first-order chi connectivity index (χ1) is 13.7. The summed E-state index contributed by atoms with van der Waals surface area (Å²) >= 11 is 0. The first-order valence-corrected chi connectivity index (χ1v) is 11.1. The summed E-state index contributed by atoms with van der Waals surface area (Å²) < 4.78 is 0. The van der Waals surface area contributed by atoms with Crippen LogP contribution in [0.15, 0.2) is 17.1 Å². The maximum absolute atomic E-state index is 12.7. The number of nitrogens with one attached hydrogen (secondary N) is 2. The minimum atomic E-state index is -0.0957. The van der Waals surface area contributed by atoms with E-state index in [1.807, 2.05) is 0 Å². The number of hydrogen-bond donors (Lipinski definition) is 2. The molecule has 2 amide bonds. The van der Waals surface area contributed by atoms with Crippen molar-refractivity contribution < 1.29 is 9.59 Å². The first-order valence-electron chi connectivity index (χ1n) is 11.1. The van der Waals surface area contributed by atoms with E-state index < -0.39 is 0 Å². The summed E-state index contributed by atoms with van der Waals surface area (Å²) in [5, 5.41) is 6.69. The Balaban J connectivity index is 1.06. The van der Waals surface area contributed by atoms with Gasteiger partial charge in [0.25, 0.3) is 0 Å². The van der Waals surface area contributed by atoms with Crippen molar-refractivity contribution in [1.82, 2.24) is 15.5 Å². The number of fused-ring (bicyclic) bond motifs is 7. The van der Waals surface area contributed by atoms with Crippen molar-refractivity contribution in [3.8, 4) is 0 Å². The molecule has 7 unspecified atom stereocenters. The highest BCUT2D eigenvalue weighted by atomic mass is 16.2. The third kappa shape index (κ3) is 2.96. The van der Waals surface area contributed by atoms with Crippen LogP contribution in [0.4, 0.5) is 0 Å². The number of hydrogen-bond acceptors (Lipinski definition) is 3. The van der Waals surface area contributed by atoms with Crippen molar-refractivity contribution >= 4 is 17.8 Å². The molecule has 6 heteroatoms. The monoisotopic (exact) mass is 384 g/mol. The average molecular weight is 385 g/mol. The van der Waals surface area contributed by atoms with Gasteiger partial charge in [-0.1, -0.05) is 18.6 Å². The van der Waals surface area contributed by atoms with Gasteiger partial charge < -0.3 is 10.6 Å². The molecule has 0 aromatic rings. The summed E-state index contributed by atoms with van der Waals surface area (Å²) in [5.41, 5.74) is 0. The molecule has 1 saturated heterocycles. The zero-order valence-electron chi connectivity index (χ0n) is 16.8. The van der Waals surface area contributed by atoms with Crippen LogP contribution in [0.2, 0.25) is 0 Å². The summed E-state index contributed by atoms with van der Waals surface area (Å²) in [4.78, 5) is 31.2. The quantitative estimate of drug-likeness (QED) is 0.317. The highest BCUT2D eigenvalue weighted by Crippen LogP contribution is 2.52. The van der Waals surface area contributed by atoms with Gasteiger partial charge in [0.2, 0.25) is 11.8 Å². The van der Waals surface area contributed by atoms with Gasteiger partial charge in [-0.2, -0.15) is 0 Å². The van der Waals surface area contributed by atoms with Gasteiger partial charge in [0, 0.05) is 26.7 Å². The van der Waals surface area contributed by atoms with E-state index in [0.29, 0.717) is 13.1 Å². The fourth-order valence-corrected chi connectivity index (χ4v) is 6.80. The van der Waals surface area contributed by atoms with Crippen LogP contribution in [-0.2, 0) is 9.59 Å². The Bertz CT molecular complexity index is 687. The first kappa shape index (κ1) is 18.2. The number of likely N-dealkylation sites (tertiary alicyclic amines) is 1. The lowest BCUT2D eigenvalue weighted by atomic mass is 9.85. The molecule has 4 bridgehead atoms. The predicted molar refractivity (Wildman–Crippen MR) is 107 cm³/mol. The summed E-state index contributed by atoms with van der Waals surface area (Å²) in [7, 11) is 1.77. The number of amides is 2. The largest absolute Gasteiger partial charge is 0.356 e. The van der Waals surface area contributed by atoms with Crippen LogP contribution in [0, 0.1) is 41.4 Å². The number of carbonyl (C=O) groups excluding carboxylic acids is 2. The lowest BCUT2D eigenvalue weighted by Gasteiger charge is -2.22. The molecule has 28 heavy (non-hydrogen) atoms. The average Bonchev–Trinajstić information content (AvgIpc) is 3.50. The van der Waals surface area contributed by atoms with Crippen molar-refractivity contribution in [2.45, 2.75) is 38.5 Å². The summed E-state index contributed by atoms with van der Waals surface area (Å²) in [6.45, 7) is 1.92. The van der Waals surface area contributed by atoms with Gasteiger partial charge in [-0.15, -0.1) is 0 Å². The number of aliphatic imine (C=N–C) groups is 1. The highest BCUT2D eigenvalue weighted by molar-refractivity contribution is 6.06. The Morgan fingerprint density at radius 2 is 1.75 bits per heavy atom. The Kier molecular flexibility index (Phi) is 4.68. The van der Waals surface area contributed by atoms with E-state index >= 15 is 0 Å². The molecule has 0 aromatic carbocycles. The summed E-state index contributed by atoms with van der Waals surface area (Å²) in [6, 6.07) is 0. The number of carbonyl (C=O) groups is 2. The van der Waals surface area contributed by atoms with Crippen LogP contribution in [-0.4, -0.2) is 49.4 Å². The molecule has 4 fully saturated rings. The van der Waals surface area contributed by atoms with E-state index in [0.717, 1.165) is 36.7 Å². The number of guanidine groups is 1. The van der Waals surface area contributed by atoms with Gasteiger partial charge in [-0.05, 0) is 61.7 Å². The van der Waals surface area contributed by atoms with Crippen molar-refractivity contribution in [3.05, 3.63) is 12.2 Å². The SMILES string of the molecule is CN=C(NCCC1CC2CCC1C2)NCCN1C(=O)C2C3C=CC(C3)C2C1=O. The van der Waals surface area contributed by atoms with E-state index in [9.17, 15) is 9.59 Å². The van der Waals surface area contributed by atoms with E-state index in [1.165, 1.54) is 37.0 Å². The highest BCUT2D eigenvalue weighted by Gasteiger charge is 2.58. The molecule has 2 N–H and O–H groups in total. The fourth-order valence-electron chi connectivity index (χ4n) is 6.80. The zero-order chi connectivity index (χ0) is 19.3. The number of rotatable bonds is 6. The Hall–Kier alpha value is -1.85. The van der Waals surface area contributed by atoms with Crippen molar-refractivity contribution in [2.75, 3.05) is 26.7 Å². The lowest BCUT2D eigenvalue weighted by molar-refractivity contribution is -0.140. The van der Waals surface area contributed by atoms with Gasteiger partial charge in [-0.25, -0.2) is 0 Å². The van der Waals surface area contributed by atoms with Crippen LogP contribution >= 0.6 is 0 Å². The molecule has 5 aliphatic rings. The molecular formula is C22H32N4O2. The van der Waals surface area contributed by atoms with Crippen LogP contribution in [0.25, 0.3) is 0 Å². The Morgan fingerprint density at radius 3 is 2.36 bits per heavy atom. The molecule has 152 valence electrons. The second-order valence-corrected chi connectivity index (χ2v) is 9.48. The molecule has 0 aromatic heterocycles. The van der Waals surface area contributed by atoms with Crippen LogP contribution < -0.4 is 10.6 Å². The Morgan fingerprint density at radius 1 is 1.04 bits per heavy atom. The van der Waals surface area contributed by atoms with E-state index in [-0.39, 0.29) is 35.5 Å². The summed E-state index contributed by atoms with van der Waals surface area (Å²) in [6.07, 6.45) is 12.2. The Labute approximate surface area is 167 Å². The van der Waals surface area contributed by atoms with E-state index in [4.69, 9.17) is 0 Å². The predicted octanol–water partition coefficient (Wildman–Crippen LogP) is 1.78. The molecule has 7 atom stereocenters. The smallest absolute Gasteiger partial charge is 0.233 e. The van der Waals surface area contributed by atoms with Crippen molar-refractivity contribution in [3.63, 3.8) is 0 Å². The minimum absolute atomic E-state index is 0.0351. The molecule has 4 aliphatic carbocycles. The van der Waals surface area contributed by atoms with Gasteiger partial charge in [0.05, 0.1) is 11.8 Å². The third-order valence-corrected chi connectivity index (χ3v) is 8.11. The maximum Gasteiger partial charge on any atom is 0.233 e. The molecular weight excluding hydrogens is 352 g/mol. The molecule has 6 nitrogen and oxygen atoms in total. The van der Waals surface area contributed by atoms with E-state index in [2.05, 4.69) is 27.8 Å². The van der Waals surface area contributed by atoms with Crippen LogP contribution in [0.3, 0.4) is 0 Å². The normalized spacial score (nSPS) is 40.7. The standard InChI is InChI=1S/C22H32N4O2/c1-23-22(24-7-6-15-11-13-2-3-14(15)10-13)25-8-9-26-20(27)18-16-4-5-17(12-16)19(18)21(26)28/h4-5,13-19H,2-3,6-12H2,1H3,(H2,23,24,25). The fraction of sp³-hybridized carbons (Fsp3) is 0.773. The molecule has 1 heterocycles. The van der Waals surface area contributed by atoms with Crippen LogP contribution in [0.1, 0.15) is 38.5 Å². The molecule has 0 spiro atoms. The van der Waals surface area contributed by atoms with Gasteiger partial charge in [-0.3, -0.25) is 19.5 Å². The topological polar surface area (TPSA) is 73.8 Å². The number of imide groups is 1. The minimum Gasteiger partial charge on any atom is -0.356 e. The number of nitrogens with zero attached hydrogens (tertiary/aromatic N) is 2. The van der Waals surface area contributed by atoms with Gasteiger partial charge in [0.1, 0.15) is 0 Å². The molecule has 3 saturated carbocycles. The van der Waals surface area contributed by atoms with Gasteiger partial charge >= 0.3 is 0 Å². The third-order valence-electron chi connectivity index (χ3n) is 8.11. The van der Waals surface area contributed by atoms with E-state index in [1.54, 1.807) is 7.05 Å².